The maximum Gasteiger partial charge on any atom is 0.326 e. The van der Waals surface area contributed by atoms with Gasteiger partial charge in [-0.1, -0.05) is 31.2 Å². The molecule has 1 aliphatic heterocycles. The van der Waals surface area contributed by atoms with Crippen molar-refractivity contribution < 1.29 is 18.3 Å². The number of rotatable bonds is 5. The molecule has 0 aromatic heterocycles. The summed E-state index contributed by atoms with van der Waals surface area (Å²) in [6, 6.07) is 5.92. The van der Waals surface area contributed by atoms with E-state index in [1.165, 1.54) is 0 Å². The van der Waals surface area contributed by atoms with E-state index in [4.69, 9.17) is 0 Å². The van der Waals surface area contributed by atoms with E-state index >= 15 is 0 Å². The summed E-state index contributed by atoms with van der Waals surface area (Å²) in [5.74, 6) is -1.15. The summed E-state index contributed by atoms with van der Waals surface area (Å²) in [7, 11) is -3.78. The van der Waals surface area contributed by atoms with E-state index in [1.54, 1.807) is 12.1 Å². The Kier molecular flexibility index (Phi) is 4.42. The number of carboxylic acids is 1. The van der Waals surface area contributed by atoms with E-state index in [1.807, 2.05) is 19.1 Å². The van der Waals surface area contributed by atoms with Crippen LogP contribution in [-0.4, -0.2) is 36.9 Å². The summed E-state index contributed by atoms with van der Waals surface area (Å²) in [5.41, 5.74) is 1.44. The van der Waals surface area contributed by atoms with Crippen LogP contribution < -0.4 is 4.72 Å². The maximum absolute atomic E-state index is 12.2. The van der Waals surface area contributed by atoms with Gasteiger partial charge in [0, 0.05) is 13.1 Å². The summed E-state index contributed by atoms with van der Waals surface area (Å²) in [6.07, 6.45) is 1.17. The van der Waals surface area contributed by atoms with E-state index < -0.39 is 22.2 Å². The lowest BCUT2D eigenvalue weighted by molar-refractivity contribution is -0.142. The van der Waals surface area contributed by atoms with Crippen LogP contribution in [0.4, 0.5) is 0 Å². The van der Waals surface area contributed by atoms with E-state index in [2.05, 4.69) is 4.72 Å². The Labute approximate surface area is 118 Å². The number of aliphatic carboxylic acids is 1. The minimum absolute atomic E-state index is 0.174. The molecule has 1 aromatic carbocycles. The second kappa shape index (κ2) is 5.90. The summed E-state index contributed by atoms with van der Waals surface area (Å²) >= 11 is 0. The van der Waals surface area contributed by atoms with Crippen LogP contribution in [0.15, 0.2) is 24.3 Å². The molecule has 7 heteroatoms. The topological polar surface area (TPSA) is 86.7 Å². The summed E-state index contributed by atoms with van der Waals surface area (Å²) in [5, 5.41) is 9.41. The molecule has 0 saturated carbocycles. The van der Waals surface area contributed by atoms with Crippen LogP contribution in [0.5, 0.6) is 0 Å². The Morgan fingerprint density at radius 3 is 2.80 bits per heavy atom. The van der Waals surface area contributed by atoms with Crippen LogP contribution in [-0.2, 0) is 21.4 Å². The lowest BCUT2D eigenvalue weighted by Gasteiger charge is -2.33. The number of hydrogen-bond donors (Lipinski definition) is 2. The molecule has 0 bridgehead atoms. The van der Waals surface area contributed by atoms with Gasteiger partial charge in [-0.3, -0.25) is 4.79 Å². The largest absolute Gasteiger partial charge is 0.480 e. The Hall–Kier alpha value is -1.44. The van der Waals surface area contributed by atoms with Gasteiger partial charge in [0.2, 0.25) is 0 Å². The predicted molar refractivity (Wildman–Crippen MR) is 74.4 cm³/mol. The van der Waals surface area contributed by atoms with Gasteiger partial charge in [-0.25, -0.2) is 4.72 Å². The summed E-state index contributed by atoms with van der Waals surface area (Å²) < 4.78 is 27.9. The van der Waals surface area contributed by atoms with Gasteiger partial charge in [0.15, 0.2) is 0 Å². The van der Waals surface area contributed by atoms with Crippen molar-refractivity contribution in [3.63, 3.8) is 0 Å². The monoisotopic (exact) mass is 298 g/mol. The van der Waals surface area contributed by atoms with Crippen LogP contribution in [0, 0.1) is 0 Å². The second-order valence-corrected chi connectivity index (χ2v) is 6.41. The summed E-state index contributed by atoms with van der Waals surface area (Å²) in [4.78, 5) is 11.5. The van der Waals surface area contributed by atoms with Gasteiger partial charge in [-0.05, 0) is 24.0 Å². The van der Waals surface area contributed by atoms with Gasteiger partial charge in [-0.2, -0.15) is 12.7 Å². The van der Waals surface area contributed by atoms with E-state index in [0.717, 1.165) is 9.87 Å². The van der Waals surface area contributed by atoms with Crippen molar-refractivity contribution in [1.82, 2.24) is 9.03 Å². The van der Waals surface area contributed by atoms with Gasteiger partial charge in [-0.15, -0.1) is 0 Å². The first-order valence-electron chi connectivity index (χ1n) is 6.54. The number of carbonyl (C=O) groups is 1. The molecule has 20 heavy (non-hydrogen) atoms. The van der Waals surface area contributed by atoms with Gasteiger partial charge in [0.05, 0.1) is 0 Å². The van der Waals surface area contributed by atoms with Gasteiger partial charge < -0.3 is 5.11 Å². The zero-order chi connectivity index (χ0) is 14.8. The third-order valence-corrected chi connectivity index (χ3v) is 4.90. The Balaban J connectivity index is 2.39. The molecule has 0 amide bonds. The number of nitrogens with one attached hydrogen (secondary N) is 1. The van der Waals surface area contributed by atoms with Crippen molar-refractivity contribution in [3.05, 3.63) is 35.4 Å². The molecular weight excluding hydrogens is 280 g/mol. The molecule has 1 aliphatic rings. The van der Waals surface area contributed by atoms with E-state index in [9.17, 15) is 18.3 Å². The molecule has 1 atom stereocenters. The number of hydrogen-bond acceptors (Lipinski definition) is 3. The third kappa shape index (κ3) is 2.84. The van der Waals surface area contributed by atoms with Crippen LogP contribution in [0.25, 0.3) is 0 Å². The quantitative estimate of drug-likeness (QED) is 0.846. The highest BCUT2D eigenvalue weighted by molar-refractivity contribution is 7.87. The predicted octanol–water partition coefficient (Wildman–Crippen LogP) is 0.915. The molecule has 0 spiro atoms. The number of fused-ring (bicyclic) bond motifs is 1. The molecule has 0 fully saturated rings. The molecule has 0 saturated heterocycles. The fraction of sp³-hybridized carbons (Fsp3) is 0.462. The molecule has 2 rings (SSSR count). The molecule has 110 valence electrons. The van der Waals surface area contributed by atoms with Crippen molar-refractivity contribution in [3.8, 4) is 0 Å². The SMILES string of the molecule is CCCNS(=O)(=O)N1CCc2ccccc2C1C(=O)O. The average molecular weight is 298 g/mol. The van der Waals surface area contributed by atoms with Crippen molar-refractivity contribution in [2.75, 3.05) is 13.1 Å². The number of nitrogens with zero attached hydrogens (tertiary/aromatic N) is 1. The molecule has 6 nitrogen and oxygen atoms in total. The van der Waals surface area contributed by atoms with Gasteiger partial charge >= 0.3 is 5.97 Å². The molecular formula is C13H18N2O4S. The smallest absolute Gasteiger partial charge is 0.326 e. The number of benzene rings is 1. The minimum atomic E-state index is -3.78. The lowest BCUT2D eigenvalue weighted by Crippen LogP contribution is -2.48. The van der Waals surface area contributed by atoms with Crippen LogP contribution >= 0.6 is 0 Å². The van der Waals surface area contributed by atoms with Crippen molar-refractivity contribution in [2.45, 2.75) is 25.8 Å². The Bertz CT molecular complexity index is 600. The fourth-order valence-corrected chi connectivity index (χ4v) is 3.81. The average Bonchev–Trinajstić information content (AvgIpc) is 2.43. The van der Waals surface area contributed by atoms with Crippen molar-refractivity contribution in [1.29, 1.82) is 0 Å². The first kappa shape index (κ1) is 15.0. The lowest BCUT2D eigenvalue weighted by atomic mass is 9.94. The molecule has 0 aliphatic carbocycles. The zero-order valence-corrected chi connectivity index (χ0v) is 12.1. The standard InChI is InChI=1S/C13H18N2O4S/c1-2-8-14-20(18,19)15-9-7-10-5-3-4-6-11(10)12(15)13(16)17/h3-6,12,14H,2,7-9H2,1H3,(H,16,17). The molecule has 1 heterocycles. The van der Waals surface area contributed by atoms with Crippen LogP contribution in [0.2, 0.25) is 0 Å². The second-order valence-electron chi connectivity index (χ2n) is 4.70. The Morgan fingerprint density at radius 1 is 1.45 bits per heavy atom. The first-order valence-corrected chi connectivity index (χ1v) is 7.98. The molecule has 1 unspecified atom stereocenters. The van der Waals surface area contributed by atoms with Crippen molar-refractivity contribution in [2.24, 2.45) is 0 Å². The minimum Gasteiger partial charge on any atom is -0.480 e. The van der Waals surface area contributed by atoms with E-state index in [0.29, 0.717) is 24.9 Å². The highest BCUT2D eigenvalue weighted by Gasteiger charge is 2.39. The highest BCUT2D eigenvalue weighted by atomic mass is 32.2. The normalized spacial score (nSPS) is 19.6. The molecule has 2 N–H and O–H groups in total. The van der Waals surface area contributed by atoms with Gasteiger partial charge in [0.25, 0.3) is 10.2 Å². The third-order valence-electron chi connectivity index (χ3n) is 3.32. The highest BCUT2D eigenvalue weighted by Crippen LogP contribution is 2.31. The van der Waals surface area contributed by atoms with Crippen molar-refractivity contribution >= 4 is 16.2 Å². The van der Waals surface area contributed by atoms with Crippen LogP contribution in [0.1, 0.15) is 30.5 Å². The van der Waals surface area contributed by atoms with Gasteiger partial charge in [0.1, 0.15) is 6.04 Å². The first-order chi connectivity index (χ1) is 9.47. The summed E-state index contributed by atoms with van der Waals surface area (Å²) in [6.45, 7) is 2.32. The van der Waals surface area contributed by atoms with Crippen LogP contribution in [0.3, 0.4) is 0 Å². The number of carboxylic acid groups (broad SMARTS) is 1. The maximum atomic E-state index is 12.2. The Morgan fingerprint density at radius 2 is 2.15 bits per heavy atom. The molecule has 1 aromatic rings. The van der Waals surface area contributed by atoms with E-state index in [-0.39, 0.29) is 6.54 Å². The fourth-order valence-electron chi connectivity index (χ4n) is 2.37. The molecule has 0 radical (unpaired) electrons. The zero-order valence-electron chi connectivity index (χ0n) is 11.2.